The third kappa shape index (κ3) is 3.31. The summed E-state index contributed by atoms with van der Waals surface area (Å²) in [5.74, 6) is 0.396. The van der Waals surface area contributed by atoms with Crippen molar-refractivity contribution in [1.29, 1.82) is 0 Å². The number of rotatable bonds is 3. The molecule has 0 atom stereocenters. The second kappa shape index (κ2) is 4.55. The van der Waals surface area contributed by atoms with Gasteiger partial charge < -0.3 is 4.43 Å². The maximum Gasteiger partial charge on any atom is 0.310 e. The molecule has 1 aromatic carbocycles. The molecule has 1 aromatic rings. The van der Waals surface area contributed by atoms with Crippen molar-refractivity contribution in [3.8, 4) is 5.75 Å². The van der Waals surface area contributed by atoms with E-state index in [-0.39, 0.29) is 5.69 Å². The van der Waals surface area contributed by atoms with Crippen molar-refractivity contribution in [3.05, 3.63) is 32.3 Å². The molecule has 16 heavy (non-hydrogen) atoms. The fourth-order valence-electron chi connectivity index (χ4n) is 1.29. The van der Waals surface area contributed by atoms with E-state index in [1.165, 1.54) is 6.07 Å². The molecular weight excluding hydrogens is 290 g/mol. The summed E-state index contributed by atoms with van der Waals surface area (Å²) in [5.41, 5.74) is 0.804. The summed E-state index contributed by atoms with van der Waals surface area (Å²) in [6.07, 6.45) is 0. The van der Waals surface area contributed by atoms with Crippen LogP contribution in [0.5, 0.6) is 5.75 Å². The Morgan fingerprint density at radius 2 is 1.94 bits per heavy atom. The summed E-state index contributed by atoms with van der Waals surface area (Å²) < 4.78 is 6.45. The number of nitro benzene ring substituents is 1. The second-order valence-electron chi connectivity index (χ2n) is 4.54. The summed E-state index contributed by atoms with van der Waals surface area (Å²) in [6.45, 7) is 7.81. The van der Waals surface area contributed by atoms with Crippen LogP contribution in [0.3, 0.4) is 0 Å². The minimum atomic E-state index is -1.84. The van der Waals surface area contributed by atoms with Crippen molar-refractivity contribution < 1.29 is 9.35 Å². The molecule has 0 N–H and O–H groups in total. The van der Waals surface area contributed by atoms with Crippen molar-refractivity contribution in [2.75, 3.05) is 0 Å². The number of hydrogen-bond acceptors (Lipinski definition) is 3. The van der Waals surface area contributed by atoms with Crippen molar-refractivity contribution >= 4 is 29.9 Å². The van der Waals surface area contributed by atoms with Crippen LogP contribution in [0.15, 0.2) is 16.6 Å². The summed E-state index contributed by atoms with van der Waals surface area (Å²) >= 11 is 3.25. The van der Waals surface area contributed by atoms with Gasteiger partial charge in [-0.3, -0.25) is 10.1 Å². The molecule has 88 valence electrons. The molecule has 0 radical (unpaired) electrons. The molecule has 0 saturated carbocycles. The first-order valence-electron chi connectivity index (χ1n) is 4.84. The Kier molecular flexibility index (Phi) is 3.74. The highest BCUT2D eigenvalue weighted by Crippen LogP contribution is 2.35. The highest BCUT2D eigenvalue weighted by Gasteiger charge is 2.25. The predicted molar refractivity (Wildman–Crippen MR) is 69.5 cm³/mol. The van der Waals surface area contributed by atoms with Gasteiger partial charge in [0.25, 0.3) is 0 Å². The van der Waals surface area contributed by atoms with E-state index in [9.17, 15) is 10.1 Å². The molecule has 0 saturated heterocycles. The first-order chi connectivity index (χ1) is 7.20. The summed E-state index contributed by atoms with van der Waals surface area (Å²) in [6, 6.07) is 3.30. The molecule has 0 aliphatic carbocycles. The fraction of sp³-hybridized carbons (Fsp3) is 0.400. The average Bonchev–Trinajstić information content (AvgIpc) is 2.07. The zero-order valence-electron chi connectivity index (χ0n) is 9.70. The lowest BCUT2D eigenvalue weighted by molar-refractivity contribution is -0.385. The topological polar surface area (TPSA) is 52.4 Å². The Hall–Kier alpha value is -0.883. The number of nitrogens with zero attached hydrogens (tertiary/aromatic N) is 1. The second-order valence-corrected chi connectivity index (χ2v) is 9.89. The van der Waals surface area contributed by atoms with Crippen LogP contribution >= 0.6 is 15.9 Å². The quantitative estimate of drug-likeness (QED) is 0.484. The molecule has 0 heterocycles. The predicted octanol–water partition coefficient (Wildman–Crippen LogP) is 3.88. The highest BCUT2D eigenvalue weighted by molar-refractivity contribution is 9.10. The van der Waals surface area contributed by atoms with Crippen LogP contribution < -0.4 is 4.43 Å². The van der Waals surface area contributed by atoms with E-state index in [0.29, 0.717) is 10.2 Å². The molecule has 0 unspecified atom stereocenters. The Morgan fingerprint density at radius 1 is 1.38 bits per heavy atom. The number of hydrogen-bond donors (Lipinski definition) is 0. The lowest BCUT2D eigenvalue weighted by Gasteiger charge is -2.20. The molecule has 0 aromatic heterocycles. The lowest BCUT2D eigenvalue weighted by atomic mass is 10.2. The van der Waals surface area contributed by atoms with Crippen LogP contribution in [-0.4, -0.2) is 13.2 Å². The van der Waals surface area contributed by atoms with Crippen molar-refractivity contribution in [1.82, 2.24) is 0 Å². The summed E-state index contributed by atoms with van der Waals surface area (Å²) in [5, 5.41) is 10.9. The summed E-state index contributed by atoms with van der Waals surface area (Å²) in [4.78, 5) is 10.5. The fourth-order valence-corrected chi connectivity index (χ4v) is 2.72. The molecule has 0 aliphatic rings. The molecular formula is C10H14BrNO3Si. The van der Waals surface area contributed by atoms with Gasteiger partial charge in [-0.2, -0.15) is 0 Å². The van der Waals surface area contributed by atoms with Gasteiger partial charge in [0.1, 0.15) is 0 Å². The Morgan fingerprint density at radius 3 is 2.38 bits per heavy atom. The van der Waals surface area contributed by atoms with Gasteiger partial charge in [-0.25, -0.2) is 0 Å². The Bertz CT molecular complexity index is 429. The Balaban J connectivity index is 3.30. The molecule has 0 amide bonds. The molecule has 0 bridgehead atoms. The minimum absolute atomic E-state index is 0.0225. The molecule has 4 nitrogen and oxygen atoms in total. The number of aryl methyl sites for hydroxylation is 1. The van der Waals surface area contributed by atoms with Gasteiger partial charge >= 0.3 is 5.69 Å². The van der Waals surface area contributed by atoms with E-state index in [2.05, 4.69) is 15.9 Å². The number of benzene rings is 1. The van der Waals surface area contributed by atoms with Crippen LogP contribution in [0.2, 0.25) is 19.6 Å². The molecule has 6 heteroatoms. The van der Waals surface area contributed by atoms with Gasteiger partial charge in [0.2, 0.25) is 8.32 Å². The smallest absolute Gasteiger partial charge is 0.310 e. The Labute approximate surface area is 104 Å². The van der Waals surface area contributed by atoms with Gasteiger partial charge in [-0.05, 0) is 38.2 Å². The van der Waals surface area contributed by atoms with Gasteiger partial charge in [0.05, 0.1) is 4.92 Å². The van der Waals surface area contributed by atoms with E-state index >= 15 is 0 Å². The van der Waals surface area contributed by atoms with Crippen molar-refractivity contribution in [2.24, 2.45) is 0 Å². The van der Waals surface area contributed by atoms with Gasteiger partial charge in [0.15, 0.2) is 5.75 Å². The zero-order chi connectivity index (χ0) is 12.5. The maximum atomic E-state index is 10.9. The minimum Gasteiger partial charge on any atom is -0.540 e. The SMILES string of the molecule is Cc1cc(Br)cc([N+](=O)[O-])c1O[Si](C)(C)C. The zero-order valence-corrected chi connectivity index (χ0v) is 12.3. The molecule has 0 aliphatic heterocycles. The lowest BCUT2D eigenvalue weighted by Crippen LogP contribution is -2.30. The highest BCUT2D eigenvalue weighted by atomic mass is 79.9. The van der Waals surface area contributed by atoms with Crippen LogP contribution in [0.4, 0.5) is 5.69 Å². The van der Waals surface area contributed by atoms with Crippen LogP contribution in [0.1, 0.15) is 5.56 Å². The van der Waals surface area contributed by atoms with E-state index in [4.69, 9.17) is 4.43 Å². The standard InChI is InChI=1S/C10H14BrNO3Si/c1-7-5-8(11)6-9(12(13)14)10(7)15-16(2,3)4/h5-6H,1-4H3. The van der Waals surface area contributed by atoms with Crippen molar-refractivity contribution in [3.63, 3.8) is 0 Å². The number of nitro groups is 1. The number of halogens is 1. The molecule has 0 fully saturated rings. The van der Waals surface area contributed by atoms with Gasteiger partial charge in [0, 0.05) is 10.5 Å². The van der Waals surface area contributed by atoms with Crippen LogP contribution in [0.25, 0.3) is 0 Å². The normalized spacial score (nSPS) is 11.3. The average molecular weight is 304 g/mol. The van der Waals surface area contributed by atoms with E-state index in [0.717, 1.165) is 5.56 Å². The van der Waals surface area contributed by atoms with E-state index in [1.807, 2.05) is 32.6 Å². The molecule has 1 rings (SSSR count). The molecule has 0 spiro atoms. The monoisotopic (exact) mass is 303 g/mol. The van der Waals surface area contributed by atoms with Crippen LogP contribution in [0, 0.1) is 17.0 Å². The van der Waals surface area contributed by atoms with Gasteiger partial charge in [-0.15, -0.1) is 0 Å². The van der Waals surface area contributed by atoms with E-state index in [1.54, 1.807) is 0 Å². The van der Waals surface area contributed by atoms with Crippen LogP contribution in [-0.2, 0) is 0 Å². The summed E-state index contributed by atoms with van der Waals surface area (Å²) in [7, 11) is -1.84. The first kappa shape index (κ1) is 13.2. The van der Waals surface area contributed by atoms with Gasteiger partial charge in [-0.1, -0.05) is 15.9 Å². The van der Waals surface area contributed by atoms with E-state index < -0.39 is 13.2 Å². The third-order valence-corrected chi connectivity index (χ3v) is 3.10. The van der Waals surface area contributed by atoms with Crippen molar-refractivity contribution in [2.45, 2.75) is 26.6 Å². The third-order valence-electron chi connectivity index (χ3n) is 1.82. The largest absolute Gasteiger partial charge is 0.540 e. The first-order valence-corrected chi connectivity index (χ1v) is 9.04. The maximum absolute atomic E-state index is 10.9.